The minimum atomic E-state index is -0.644. The number of nitrogens with two attached hydrogens (primary N) is 1. The van der Waals surface area contributed by atoms with Crippen LogP contribution in [-0.2, 0) is 14.9 Å². The highest BCUT2D eigenvalue weighted by molar-refractivity contribution is 5.84. The molecule has 3 heterocycles. The lowest BCUT2D eigenvalue weighted by Gasteiger charge is -2.35. The molecule has 0 spiro atoms. The van der Waals surface area contributed by atoms with E-state index in [4.69, 9.17) is 10.5 Å². The Kier molecular flexibility index (Phi) is 4.69. The standard InChI is InChI=1S/C18H26N4O3/c1-17(2,13-4-3-6-20-8-13)11-21-16(24)22-9-14-10-25-7-5-18(14,12-22)15(19)23/h3-4,6,8,14H,5,7,9-12H2,1-2H3,(H2,19,23)(H,21,24)/t14-,18+/m1/s1. The number of likely N-dealkylation sites (tertiary alicyclic amines) is 1. The smallest absolute Gasteiger partial charge is 0.317 e. The SMILES string of the molecule is CC(C)(CNC(=O)N1C[C@@H]2COCC[C@]2(C(N)=O)C1)c1cccnc1. The molecule has 136 valence electrons. The normalized spacial score (nSPS) is 26.2. The summed E-state index contributed by atoms with van der Waals surface area (Å²) in [4.78, 5) is 30.5. The van der Waals surface area contributed by atoms with E-state index in [9.17, 15) is 9.59 Å². The monoisotopic (exact) mass is 346 g/mol. The highest BCUT2D eigenvalue weighted by Gasteiger charge is 2.53. The van der Waals surface area contributed by atoms with E-state index in [1.807, 2.05) is 18.3 Å². The molecule has 0 bridgehead atoms. The molecule has 1 aromatic heterocycles. The fourth-order valence-corrected chi connectivity index (χ4v) is 3.78. The average molecular weight is 346 g/mol. The van der Waals surface area contributed by atoms with Gasteiger partial charge in [-0.15, -0.1) is 0 Å². The Bertz CT molecular complexity index is 649. The first-order chi connectivity index (χ1) is 11.8. The van der Waals surface area contributed by atoms with Crippen molar-refractivity contribution in [1.82, 2.24) is 15.2 Å². The van der Waals surface area contributed by atoms with E-state index in [1.54, 1.807) is 11.1 Å². The van der Waals surface area contributed by atoms with Gasteiger partial charge in [0.05, 0.1) is 12.0 Å². The number of carbonyl (C=O) groups excluding carboxylic acids is 2. The molecule has 2 saturated heterocycles. The minimum absolute atomic E-state index is 0.0177. The summed E-state index contributed by atoms with van der Waals surface area (Å²) in [6, 6.07) is 3.73. The third-order valence-electron chi connectivity index (χ3n) is 5.61. The Balaban J connectivity index is 1.63. The molecule has 2 aliphatic rings. The van der Waals surface area contributed by atoms with Gasteiger partial charge in [-0.3, -0.25) is 9.78 Å². The Labute approximate surface area is 147 Å². The van der Waals surface area contributed by atoms with Gasteiger partial charge in [-0.2, -0.15) is 0 Å². The molecule has 7 heteroatoms. The quantitative estimate of drug-likeness (QED) is 0.846. The van der Waals surface area contributed by atoms with E-state index in [0.29, 0.717) is 39.3 Å². The largest absolute Gasteiger partial charge is 0.381 e. The van der Waals surface area contributed by atoms with Gasteiger partial charge in [-0.25, -0.2) is 4.79 Å². The van der Waals surface area contributed by atoms with Gasteiger partial charge in [0, 0.05) is 50.0 Å². The maximum atomic E-state index is 12.6. The number of amides is 3. The van der Waals surface area contributed by atoms with Crippen LogP contribution in [0.1, 0.15) is 25.8 Å². The lowest BCUT2D eigenvalue weighted by atomic mass is 9.74. The first kappa shape index (κ1) is 17.7. The lowest BCUT2D eigenvalue weighted by molar-refractivity contribution is -0.135. The van der Waals surface area contributed by atoms with Crippen LogP contribution in [0.25, 0.3) is 0 Å². The fraction of sp³-hybridized carbons (Fsp3) is 0.611. The Hall–Kier alpha value is -2.15. The summed E-state index contributed by atoms with van der Waals surface area (Å²) in [5, 5.41) is 3.00. The highest BCUT2D eigenvalue weighted by Crippen LogP contribution is 2.41. The van der Waals surface area contributed by atoms with Crippen LogP contribution in [0.3, 0.4) is 0 Å². The molecule has 0 saturated carbocycles. The fourth-order valence-electron chi connectivity index (χ4n) is 3.78. The van der Waals surface area contributed by atoms with Gasteiger partial charge < -0.3 is 20.7 Å². The first-order valence-electron chi connectivity index (χ1n) is 8.66. The Morgan fingerprint density at radius 2 is 2.32 bits per heavy atom. The number of aromatic nitrogens is 1. The molecule has 3 amide bonds. The number of fused-ring (bicyclic) bond motifs is 1. The molecule has 0 radical (unpaired) electrons. The molecule has 3 N–H and O–H groups in total. The van der Waals surface area contributed by atoms with Crippen molar-refractivity contribution in [3.05, 3.63) is 30.1 Å². The minimum Gasteiger partial charge on any atom is -0.381 e. The van der Waals surface area contributed by atoms with E-state index in [1.165, 1.54) is 0 Å². The van der Waals surface area contributed by atoms with Crippen LogP contribution in [0.5, 0.6) is 0 Å². The summed E-state index contributed by atoms with van der Waals surface area (Å²) in [7, 11) is 0. The lowest BCUT2D eigenvalue weighted by Crippen LogP contribution is -2.49. The molecule has 3 rings (SSSR count). The van der Waals surface area contributed by atoms with Crippen molar-refractivity contribution in [2.24, 2.45) is 17.1 Å². The van der Waals surface area contributed by atoms with Gasteiger partial charge in [-0.05, 0) is 18.1 Å². The number of rotatable bonds is 4. The van der Waals surface area contributed by atoms with Gasteiger partial charge in [0.1, 0.15) is 0 Å². The number of urea groups is 1. The third kappa shape index (κ3) is 3.33. The second-order valence-electron chi connectivity index (χ2n) is 7.71. The summed E-state index contributed by atoms with van der Waals surface area (Å²) in [5.74, 6) is -0.345. The van der Waals surface area contributed by atoms with Crippen LogP contribution in [0.15, 0.2) is 24.5 Å². The number of nitrogens with one attached hydrogen (secondary N) is 1. The van der Waals surface area contributed by atoms with E-state index in [0.717, 1.165) is 5.56 Å². The maximum absolute atomic E-state index is 12.6. The molecule has 25 heavy (non-hydrogen) atoms. The van der Waals surface area contributed by atoms with Crippen molar-refractivity contribution in [1.29, 1.82) is 0 Å². The molecular weight excluding hydrogens is 320 g/mol. The Morgan fingerprint density at radius 3 is 2.96 bits per heavy atom. The van der Waals surface area contributed by atoms with Gasteiger partial charge in [0.15, 0.2) is 0 Å². The highest BCUT2D eigenvalue weighted by atomic mass is 16.5. The molecule has 0 unspecified atom stereocenters. The summed E-state index contributed by atoms with van der Waals surface area (Å²) < 4.78 is 5.49. The van der Waals surface area contributed by atoms with Crippen molar-refractivity contribution in [2.75, 3.05) is 32.8 Å². The topological polar surface area (TPSA) is 97.5 Å². The molecule has 7 nitrogen and oxygen atoms in total. The van der Waals surface area contributed by atoms with Crippen LogP contribution in [0, 0.1) is 11.3 Å². The Morgan fingerprint density at radius 1 is 1.52 bits per heavy atom. The van der Waals surface area contributed by atoms with Crippen molar-refractivity contribution in [3.63, 3.8) is 0 Å². The van der Waals surface area contributed by atoms with Gasteiger partial charge in [0.2, 0.25) is 5.91 Å². The number of carbonyl (C=O) groups is 2. The number of ether oxygens (including phenoxy) is 1. The first-order valence-corrected chi connectivity index (χ1v) is 8.66. The number of pyridine rings is 1. The summed E-state index contributed by atoms with van der Waals surface area (Å²) >= 11 is 0. The van der Waals surface area contributed by atoms with Gasteiger partial charge in [0.25, 0.3) is 0 Å². The molecule has 0 aliphatic carbocycles. The van der Waals surface area contributed by atoms with Crippen molar-refractivity contribution in [2.45, 2.75) is 25.7 Å². The molecule has 2 fully saturated rings. The number of primary amides is 1. The van der Waals surface area contributed by atoms with Crippen molar-refractivity contribution >= 4 is 11.9 Å². The average Bonchev–Trinajstić information content (AvgIpc) is 3.02. The molecule has 0 aromatic carbocycles. The van der Waals surface area contributed by atoms with Crippen molar-refractivity contribution in [3.8, 4) is 0 Å². The summed E-state index contributed by atoms with van der Waals surface area (Å²) in [6.45, 7) is 6.48. The zero-order valence-corrected chi connectivity index (χ0v) is 14.8. The van der Waals surface area contributed by atoms with Crippen LogP contribution in [0.2, 0.25) is 0 Å². The zero-order valence-electron chi connectivity index (χ0n) is 14.8. The van der Waals surface area contributed by atoms with Crippen LogP contribution in [0.4, 0.5) is 4.79 Å². The molecular formula is C18H26N4O3. The van der Waals surface area contributed by atoms with Crippen LogP contribution < -0.4 is 11.1 Å². The number of nitrogens with zero attached hydrogens (tertiary/aromatic N) is 2. The summed E-state index contributed by atoms with van der Waals surface area (Å²) in [5.41, 5.74) is 5.85. The maximum Gasteiger partial charge on any atom is 0.317 e. The molecule has 2 atom stereocenters. The van der Waals surface area contributed by atoms with Gasteiger partial charge >= 0.3 is 6.03 Å². The summed E-state index contributed by atoms with van der Waals surface area (Å²) in [6.07, 6.45) is 4.13. The van der Waals surface area contributed by atoms with Crippen LogP contribution >= 0.6 is 0 Å². The molecule has 1 aromatic rings. The van der Waals surface area contributed by atoms with Crippen LogP contribution in [-0.4, -0.2) is 54.7 Å². The number of hydrogen-bond acceptors (Lipinski definition) is 4. The van der Waals surface area contributed by atoms with E-state index < -0.39 is 5.41 Å². The van der Waals surface area contributed by atoms with Gasteiger partial charge in [-0.1, -0.05) is 19.9 Å². The van der Waals surface area contributed by atoms with E-state index in [2.05, 4.69) is 24.1 Å². The third-order valence-corrected chi connectivity index (χ3v) is 5.61. The van der Waals surface area contributed by atoms with Crippen molar-refractivity contribution < 1.29 is 14.3 Å². The second-order valence-corrected chi connectivity index (χ2v) is 7.71. The van der Waals surface area contributed by atoms with E-state index in [-0.39, 0.29) is 23.3 Å². The van der Waals surface area contributed by atoms with E-state index >= 15 is 0 Å². The predicted octanol–water partition coefficient (Wildman–Crippen LogP) is 0.893. The zero-order chi connectivity index (χ0) is 18.1. The predicted molar refractivity (Wildman–Crippen MR) is 92.8 cm³/mol. The molecule has 2 aliphatic heterocycles. The number of hydrogen-bond donors (Lipinski definition) is 2. The second kappa shape index (κ2) is 6.63.